The summed E-state index contributed by atoms with van der Waals surface area (Å²) in [6, 6.07) is 9.79. The topological polar surface area (TPSA) is 77.5 Å². The van der Waals surface area contributed by atoms with Gasteiger partial charge in [-0.05, 0) is 29.8 Å². The first kappa shape index (κ1) is 13.1. The number of hydrogen-bond acceptors (Lipinski definition) is 5. The van der Waals surface area contributed by atoms with Crippen LogP contribution in [-0.2, 0) is 11.2 Å². The molecular weight excluding hydrogens is 280 g/mol. The smallest absolute Gasteiger partial charge is 0.231 e. The zero-order valence-electron chi connectivity index (χ0n) is 11.9. The van der Waals surface area contributed by atoms with Gasteiger partial charge in [-0.1, -0.05) is 6.07 Å². The number of carbonyl (C=O) groups is 1. The number of aliphatic hydroxyl groups excluding tert-OH is 1. The van der Waals surface area contributed by atoms with Crippen LogP contribution in [0.2, 0.25) is 0 Å². The molecule has 0 saturated carbocycles. The minimum absolute atomic E-state index is 0.0361. The quantitative estimate of drug-likeness (QED) is 0.800. The second-order valence-electron chi connectivity index (χ2n) is 5.45. The van der Waals surface area contributed by atoms with Crippen molar-refractivity contribution in [2.24, 2.45) is 0 Å². The molecule has 1 aromatic carbocycles. The normalized spacial score (nSPS) is 18.7. The van der Waals surface area contributed by atoms with Crippen LogP contribution in [0, 0.1) is 0 Å². The Balaban J connectivity index is 1.65. The molecule has 0 bridgehead atoms. The molecule has 2 aliphatic heterocycles. The lowest BCUT2D eigenvalue weighted by molar-refractivity contribution is -0.117. The predicted octanol–water partition coefficient (Wildman–Crippen LogP) is 1.50. The standard InChI is InChI=1S/C16H16N4O2/c21-6-5-20-14-9-13-12(7-10(14)8-15(20)22)18-16(19-13)11-3-1-2-4-17-11/h1-4,7,9,16,18-19,21H,5-6,8H2. The predicted molar refractivity (Wildman–Crippen MR) is 83.8 cm³/mol. The Kier molecular flexibility index (Phi) is 2.97. The van der Waals surface area contributed by atoms with Crippen LogP contribution in [0.1, 0.15) is 17.4 Å². The summed E-state index contributed by atoms with van der Waals surface area (Å²) in [5.74, 6) is 0.0361. The van der Waals surface area contributed by atoms with Crippen LogP contribution in [-0.4, -0.2) is 29.1 Å². The van der Waals surface area contributed by atoms with Crippen molar-refractivity contribution in [2.75, 3.05) is 28.7 Å². The summed E-state index contributed by atoms with van der Waals surface area (Å²) in [4.78, 5) is 18.0. The van der Waals surface area contributed by atoms with Crippen LogP contribution in [0.5, 0.6) is 0 Å². The van der Waals surface area contributed by atoms with Crippen molar-refractivity contribution in [1.82, 2.24) is 4.98 Å². The van der Waals surface area contributed by atoms with E-state index in [-0.39, 0.29) is 18.7 Å². The number of β-amino-alcohol motifs (C(OH)–C–C–N with tert-alkyl or cyclic N) is 1. The van der Waals surface area contributed by atoms with E-state index in [1.54, 1.807) is 11.1 Å². The molecule has 0 spiro atoms. The van der Waals surface area contributed by atoms with Gasteiger partial charge in [-0.3, -0.25) is 9.78 Å². The first-order valence-corrected chi connectivity index (χ1v) is 7.28. The summed E-state index contributed by atoms with van der Waals surface area (Å²) >= 11 is 0. The molecule has 112 valence electrons. The third-order valence-corrected chi connectivity index (χ3v) is 4.06. The molecular formula is C16H16N4O2. The Morgan fingerprint density at radius 1 is 1.27 bits per heavy atom. The Morgan fingerprint density at radius 2 is 2.09 bits per heavy atom. The van der Waals surface area contributed by atoms with Crippen LogP contribution in [0.15, 0.2) is 36.5 Å². The van der Waals surface area contributed by atoms with Gasteiger partial charge in [0.1, 0.15) is 6.17 Å². The van der Waals surface area contributed by atoms with Crippen LogP contribution in [0.4, 0.5) is 17.1 Å². The molecule has 0 saturated heterocycles. The third-order valence-electron chi connectivity index (χ3n) is 4.06. The summed E-state index contributed by atoms with van der Waals surface area (Å²) in [6.07, 6.45) is 2.09. The highest BCUT2D eigenvalue weighted by molar-refractivity contribution is 6.03. The van der Waals surface area contributed by atoms with Gasteiger partial charge in [-0.25, -0.2) is 0 Å². The van der Waals surface area contributed by atoms with Gasteiger partial charge in [0.15, 0.2) is 0 Å². The highest BCUT2D eigenvalue weighted by Crippen LogP contribution is 2.41. The molecule has 6 heteroatoms. The number of amides is 1. The largest absolute Gasteiger partial charge is 0.395 e. The maximum absolute atomic E-state index is 12.0. The summed E-state index contributed by atoms with van der Waals surface area (Å²) in [5, 5.41) is 15.9. The minimum atomic E-state index is -0.0688. The number of hydrogen-bond donors (Lipinski definition) is 3. The molecule has 2 aromatic rings. The van der Waals surface area contributed by atoms with Crippen molar-refractivity contribution in [3.05, 3.63) is 47.8 Å². The number of aliphatic hydroxyl groups is 1. The first-order chi connectivity index (χ1) is 10.8. The molecule has 3 N–H and O–H groups in total. The van der Waals surface area contributed by atoms with E-state index in [1.165, 1.54) is 0 Å². The molecule has 2 aliphatic rings. The Morgan fingerprint density at radius 3 is 2.82 bits per heavy atom. The Bertz CT molecular complexity index is 732. The average Bonchev–Trinajstić information content (AvgIpc) is 3.07. The van der Waals surface area contributed by atoms with E-state index in [0.717, 1.165) is 28.3 Å². The van der Waals surface area contributed by atoms with E-state index < -0.39 is 0 Å². The molecule has 0 aliphatic carbocycles. The summed E-state index contributed by atoms with van der Waals surface area (Å²) in [6.45, 7) is 0.298. The summed E-state index contributed by atoms with van der Waals surface area (Å²) in [7, 11) is 0. The number of rotatable bonds is 3. The SMILES string of the molecule is O=C1Cc2cc3c(cc2N1CCO)NC(c1ccccn1)N3. The number of aromatic nitrogens is 1. The molecule has 3 heterocycles. The van der Waals surface area contributed by atoms with Crippen LogP contribution in [0.3, 0.4) is 0 Å². The van der Waals surface area contributed by atoms with Gasteiger partial charge in [0.2, 0.25) is 5.91 Å². The molecule has 1 amide bonds. The van der Waals surface area contributed by atoms with Gasteiger partial charge in [0, 0.05) is 18.4 Å². The lowest BCUT2D eigenvalue weighted by Crippen LogP contribution is -2.29. The number of pyridine rings is 1. The number of nitrogens with one attached hydrogen (secondary N) is 2. The molecule has 0 radical (unpaired) electrons. The van der Waals surface area contributed by atoms with Crippen molar-refractivity contribution in [2.45, 2.75) is 12.6 Å². The lowest BCUT2D eigenvalue weighted by atomic mass is 10.1. The zero-order chi connectivity index (χ0) is 15.1. The highest BCUT2D eigenvalue weighted by atomic mass is 16.3. The van der Waals surface area contributed by atoms with E-state index in [9.17, 15) is 4.79 Å². The molecule has 1 aromatic heterocycles. The summed E-state index contributed by atoms with van der Waals surface area (Å²) in [5.41, 5.74) is 4.73. The van der Waals surface area contributed by atoms with Crippen molar-refractivity contribution in [1.29, 1.82) is 0 Å². The fourth-order valence-electron chi connectivity index (χ4n) is 3.04. The highest BCUT2D eigenvalue weighted by Gasteiger charge is 2.31. The van der Waals surface area contributed by atoms with Crippen LogP contribution in [0.25, 0.3) is 0 Å². The number of fused-ring (bicyclic) bond motifs is 2. The third kappa shape index (κ3) is 2.00. The van der Waals surface area contributed by atoms with Crippen molar-refractivity contribution >= 4 is 23.0 Å². The Labute approximate surface area is 127 Å². The fourth-order valence-corrected chi connectivity index (χ4v) is 3.04. The van der Waals surface area contributed by atoms with Gasteiger partial charge >= 0.3 is 0 Å². The van der Waals surface area contributed by atoms with E-state index in [0.29, 0.717) is 13.0 Å². The van der Waals surface area contributed by atoms with E-state index >= 15 is 0 Å². The second kappa shape index (κ2) is 4.99. The monoisotopic (exact) mass is 296 g/mol. The molecule has 1 atom stereocenters. The summed E-state index contributed by atoms with van der Waals surface area (Å²) < 4.78 is 0. The minimum Gasteiger partial charge on any atom is -0.395 e. The van der Waals surface area contributed by atoms with E-state index in [1.807, 2.05) is 30.3 Å². The van der Waals surface area contributed by atoms with Gasteiger partial charge in [0.05, 0.1) is 30.1 Å². The molecule has 4 rings (SSSR count). The maximum atomic E-state index is 12.0. The van der Waals surface area contributed by atoms with Gasteiger partial charge in [-0.2, -0.15) is 0 Å². The van der Waals surface area contributed by atoms with Crippen LogP contribution >= 0.6 is 0 Å². The molecule has 6 nitrogen and oxygen atoms in total. The number of nitrogens with zero attached hydrogens (tertiary/aromatic N) is 2. The van der Waals surface area contributed by atoms with Crippen molar-refractivity contribution in [3.63, 3.8) is 0 Å². The van der Waals surface area contributed by atoms with Gasteiger partial charge in [0.25, 0.3) is 0 Å². The number of carbonyl (C=O) groups excluding carboxylic acids is 1. The molecule has 0 fully saturated rings. The second-order valence-corrected chi connectivity index (χ2v) is 5.45. The van der Waals surface area contributed by atoms with Crippen molar-refractivity contribution in [3.8, 4) is 0 Å². The zero-order valence-corrected chi connectivity index (χ0v) is 11.9. The van der Waals surface area contributed by atoms with Crippen molar-refractivity contribution < 1.29 is 9.90 Å². The number of anilines is 3. The first-order valence-electron chi connectivity index (χ1n) is 7.28. The maximum Gasteiger partial charge on any atom is 0.231 e. The van der Waals surface area contributed by atoms with E-state index in [2.05, 4.69) is 15.6 Å². The van der Waals surface area contributed by atoms with Crippen LogP contribution < -0.4 is 15.5 Å². The molecule has 22 heavy (non-hydrogen) atoms. The number of benzene rings is 1. The average molecular weight is 296 g/mol. The molecule has 1 unspecified atom stereocenters. The van der Waals surface area contributed by atoms with Gasteiger partial charge < -0.3 is 20.6 Å². The van der Waals surface area contributed by atoms with E-state index in [4.69, 9.17) is 5.11 Å². The fraction of sp³-hybridized carbons (Fsp3) is 0.250. The lowest BCUT2D eigenvalue weighted by Gasteiger charge is -2.16. The van der Waals surface area contributed by atoms with Gasteiger partial charge in [-0.15, -0.1) is 0 Å². The Hall–Kier alpha value is -2.60.